The zero-order valence-corrected chi connectivity index (χ0v) is 11.3. The summed E-state index contributed by atoms with van der Waals surface area (Å²) in [7, 11) is 0. The van der Waals surface area contributed by atoms with Gasteiger partial charge in [0.2, 0.25) is 0 Å². The van der Waals surface area contributed by atoms with Gasteiger partial charge in [0.15, 0.2) is 6.10 Å². The fourth-order valence-corrected chi connectivity index (χ4v) is 1.51. The van der Waals surface area contributed by atoms with Crippen LogP contribution in [0.15, 0.2) is 36.9 Å². The number of carbonyl (C=O) groups is 1. The molecule has 0 fully saturated rings. The lowest BCUT2D eigenvalue weighted by molar-refractivity contribution is -0.127. The molecule has 0 heterocycles. The lowest BCUT2D eigenvalue weighted by Gasteiger charge is -2.14. The summed E-state index contributed by atoms with van der Waals surface area (Å²) in [5.74, 6) is 1.07. The van der Waals surface area contributed by atoms with Crippen molar-refractivity contribution in [1.82, 2.24) is 5.32 Å². The van der Waals surface area contributed by atoms with Crippen molar-refractivity contribution >= 4 is 5.91 Å². The normalized spacial score (nSPS) is 12.0. The fraction of sp³-hybridized carbons (Fsp3) is 0.400. The van der Waals surface area contributed by atoms with Crippen LogP contribution >= 0.6 is 0 Å². The smallest absolute Gasteiger partial charge is 0.261 e. The Kier molecular flexibility index (Phi) is 5.43. The van der Waals surface area contributed by atoms with Gasteiger partial charge in [-0.05, 0) is 30.5 Å². The minimum Gasteiger partial charge on any atom is -0.481 e. The van der Waals surface area contributed by atoms with E-state index in [4.69, 9.17) is 4.74 Å². The standard InChI is InChI=1S/C15H21NO2/c1-5-10-16-15(17)12(4)18-14-8-6-13(7-9-14)11(2)3/h5-9,11-12H,1,10H2,2-4H3,(H,16,17)/t12-/m1/s1. The van der Waals surface area contributed by atoms with Gasteiger partial charge < -0.3 is 10.1 Å². The third-order valence-electron chi connectivity index (χ3n) is 2.65. The molecule has 0 aliphatic carbocycles. The highest BCUT2D eigenvalue weighted by Crippen LogP contribution is 2.19. The SMILES string of the molecule is C=CCNC(=O)[C@@H](C)Oc1ccc(C(C)C)cc1. The first-order valence-corrected chi connectivity index (χ1v) is 6.19. The molecule has 18 heavy (non-hydrogen) atoms. The van der Waals surface area contributed by atoms with E-state index in [9.17, 15) is 4.79 Å². The molecule has 0 bridgehead atoms. The summed E-state index contributed by atoms with van der Waals surface area (Å²) < 4.78 is 5.56. The third kappa shape index (κ3) is 4.24. The molecule has 0 aliphatic rings. The molecule has 3 heteroatoms. The number of rotatable bonds is 6. The van der Waals surface area contributed by atoms with Gasteiger partial charge in [-0.25, -0.2) is 0 Å². The molecular weight excluding hydrogens is 226 g/mol. The van der Waals surface area contributed by atoms with Crippen LogP contribution in [0.4, 0.5) is 0 Å². The predicted molar refractivity (Wildman–Crippen MR) is 73.8 cm³/mol. The molecule has 1 atom stereocenters. The van der Waals surface area contributed by atoms with E-state index >= 15 is 0 Å². The average Bonchev–Trinajstić information content (AvgIpc) is 2.36. The Balaban J connectivity index is 2.56. The number of hydrogen-bond acceptors (Lipinski definition) is 2. The molecule has 0 radical (unpaired) electrons. The molecule has 0 aliphatic heterocycles. The van der Waals surface area contributed by atoms with Crippen LogP contribution in [0.25, 0.3) is 0 Å². The molecule has 1 aromatic carbocycles. The average molecular weight is 247 g/mol. The molecule has 1 amide bonds. The van der Waals surface area contributed by atoms with Crippen molar-refractivity contribution in [3.8, 4) is 5.75 Å². The Morgan fingerprint density at radius 2 is 1.94 bits per heavy atom. The van der Waals surface area contributed by atoms with Crippen molar-refractivity contribution in [1.29, 1.82) is 0 Å². The number of ether oxygens (including phenoxy) is 1. The fourth-order valence-electron chi connectivity index (χ4n) is 1.51. The highest BCUT2D eigenvalue weighted by Gasteiger charge is 2.13. The summed E-state index contributed by atoms with van der Waals surface area (Å²) in [4.78, 5) is 11.6. The quantitative estimate of drug-likeness (QED) is 0.785. The van der Waals surface area contributed by atoms with Crippen LogP contribution in [0, 0.1) is 0 Å². The highest BCUT2D eigenvalue weighted by molar-refractivity contribution is 5.80. The Bertz CT molecular complexity index is 395. The number of amides is 1. The molecule has 0 spiro atoms. The van der Waals surface area contributed by atoms with Crippen molar-refractivity contribution in [2.24, 2.45) is 0 Å². The molecule has 3 nitrogen and oxygen atoms in total. The minimum absolute atomic E-state index is 0.136. The summed E-state index contributed by atoms with van der Waals surface area (Å²) in [6.07, 6.45) is 1.14. The Morgan fingerprint density at radius 3 is 2.44 bits per heavy atom. The van der Waals surface area contributed by atoms with Gasteiger partial charge in [0.25, 0.3) is 5.91 Å². The first-order chi connectivity index (χ1) is 8.54. The zero-order chi connectivity index (χ0) is 13.5. The summed E-state index contributed by atoms with van der Waals surface area (Å²) in [5, 5.41) is 2.70. The second-order valence-corrected chi connectivity index (χ2v) is 4.52. The number of hydrogen-bond donors (Lipinski definition) is 1. The molecule has 0 unspecified atom stereocenters. The lowest BCUT2D eigenvalue weighted by Crippen LogP contribution is -2.36. The second-order valence-electron chi connectivity index (χ2n) is 4.52. The number of benzene rings is 1. The topological polar surface area (TPSA) is 38.3 Å². The first-order valence-electron chi connectivity index (χ1n) is 6.19. The van der Waals surface area contributed by atoms with Gasteiger partial charge in [-0.2, -0.15) is 0 Å². The molecular formula is C15H21NO2. The van der Waals surface area contributed by atoms with Crippen LogP contribution in [0.5, 0.6) is 5.75 Å². The molecule has 0 saturated carbocycles. The maximum absolute atomic E-state index is 11.6. The Morgan fingerprint density at radius 1 is 1.33 bits per heavy atom. The molecule has 1 aromatic rings. The molecule has 98 valence electrons. The molecule has 1 N–H and O–H groups in total. The second kappa shape index (κ2) is 6.84. The van der Waals surface area contributed by atoms with E-state index in [1.165, 1.54) is 5.56 Å². The largest absolute Gasteiger partial charge is 0.481 e. The molecule has 0 aromatic heterocycles. The lowest BCUT2D eigenvalue weighted by atomic mass is 10.0. The van der Waals surface area contributed by atoms with Gasteiger partial charge in [0, 0.05) is 6.54 Å². The van der Waals surface area contributed by atoms with Crippen LogP contribution in [-0.2, 0) is 4.79 Å². The van der Waals surface area contributed by atoms with Crippen LogP contribution in [-0.4, -0.2) is 18.6 Å². The van der Waals surface area contributed by atoms with Crippen molar-refractivity contribution in [2.45, 2.75) is 32.8 Å². The predicted octanol–water partition coefficient (Wildman–Crippen LogP) is 2.88. The van der Waals surface area contributed by atoms with E-state index in [0.717, 1.165) is 0 Å². The monoisotopic (exact) mass is 247 g/mol. The van der Waals surface area contributed by atoms with Gasteiger partial charge in [-0.3, -0.25) is 4.79 Å². The molecule has 1 rings (SSSR count). The summed E-state index contributed by atoms with van der Waals surface area (Å²) in [5.41, 5.74) is 1.26. The van der Waals surface area contributed by atoms with Crippen LogP contribution < -0.4 is 10.1 Å². The van der Waals surface area contributed by atoms with Gasteiger partial charge >= 0.3 is 0 Å². The van der Waals surface area contributed by atoms with E-state index in [2.05, 4.69) is 25.7 Å². The highest BCUT2D eigenvalue weighted by atomic mass is 16.5. The van der Waals surface area contributed by atoms with Crippen LogP contribution in [0.3, 0.4) is 0 Å². The van der Waals surface area contributed by atoms with Gasteiger partial charge in [-0.15, -0.1) is 6.58 Å². The third-order valence-corrected chi connectivity index (χ3v) is 2.65. The van der Waals surface area contributed by atoms with E-state index in [1.54, 1.807) is 13.0 Å². The number of nitrogens with one attached hydrogen (secondary N) is 1. The summed E-state index contributed by atoms with van der Waals surface area (Å²) in [6.45, 7) is 10.0. The maximum Gasteiger partial charge on any atom is 0.261 e. The van der Waals surface area contributed by atoms with Crippen LogP contribution in [0.2, 0.25) is 0 Å². The number of carbonyl (C=O) groups excluding carboxylic acids is 1. The van der Waals surface area contributed by atoms with Crippen LogP contribution in [0.1, 0.15) is 32.3 Å². The Labute approximate surface area is 109 Å². The first kappa shape index (κ1) is 14.3. The summed E-state index contributed by atoms with van der Waals surface area (Å²) >= 11 is 0. The van der Waals surface area contributed by atoms with Crippen molar-refractivity contribution in [3.05, 3.63) is 42.5 Å². The van der Waals surface area contributed by atoms with Gasteiger partial charge in [0.1, 0.15) is 5.75 Å². The van der Waals surface area contributed by atoms with E-state index in [-0.39, 0.29) is 5.91 Å². The van der Waals surface area contributed by atoms with Crippen molar-refractivity contribution in [3.63, 3.8) is 0 Å². The molecule has 0 saturated heterocycles. The van der Waals surface area contributed by atoms with E-state index in [0.29, 0.717) is 18.2 Å². The summed E-state index contributed by atoms with van der Waals surface area (Å²) in [6, 6.07) is 7.84. The van der Waals surface area contributed by atoms with E-state index in [1.807, 2.05) is 24.3 Å². The van der Waals surface area contributed by atoms with Gasteiger partial charge in [0.05, 0.1) is 0 Å². The zero-order valence-electron chi connectivity index (χ0n) is 11.3. The maximum atomic E-state index is 11.6. The van der Waals surface area contributed by atoms with Crippen molar-refractivity contribution in [2.75, 3.05) is 6.54 Å². The van der Waals surface area contributed by atoms with Crippen molar-refractivity contribution < 1.29 is 9.53 Å². The van der Waals surface area contributed by atoms with Gasteiger partial charge in [-0.1, -0.05) is 32.1 Å². The minimum atomic E-state index is -0.505. The Hall–Kier alpha value is -1.77. The van der Waals surface area contributed by atoms with E-state index < -0.39 is 6.10 Å².